The number of rotatable bonds is 3. The van der Waals surface area contributed by atoms with Crippen LogP contribution in [0, 0.1) is 0 Å². The molecule has 0 aliphatic heterocycles. The van der Waals surface area contributed by atoms with Crippen LogP contribution in [0.3, 0.4) is 0 Å². The van der Waals surface area contributed by atoms with Gasteiger partial charge in [0.05, 0.1) is 0 Å². The lowest BCUT2D eigenvalue weighted by atomic mass is 9.85. The van der Waals surface area contributed by atoms with E-state index in [0.29, 0.717) is 0 Å². The van der Waals surface area contributed by atoms with Crippen molar-refractivity contribution in [3.05, 3.63) is 158 Å². The average molecular weight is 507 g/mol. The zero-order valence-electron chi connectivity index (χ0n) is 22.0. The first-order chi connectivity index (χ1) is 19.8. The monoisotopic (exact) mass is 506 g/mol. The summed E-state index contributed by atoms with van der Waals surface area (Å²) in [5.41, 5.74) is 7.55. The van der Waals surface area contributed by atoms with E-state index in [0.717, 1.165) is 0 Å². The Labute approximate surface area is 233 Å². The van der Waals surface area contributed by atoms with Crippen LogP contribution < -0.4 is 0 Å². The molecule has 0 amide bonds. The maximum absolute atomic E-state index is 2.34. The van der Waals surface area contributed by atoms with Crippen LogP contribution in [-0.4, -0.2) is 0 Å². The molecule has 8 aromatic rings. The second-order valence-corrected chi connectivity index (χ2v) is 10.5. The molecule has 0 atom stereocenters. The fourth-order valence-electron chi connectivity index (χ4n) is 6.37. The maximum atomic E-state index is 2.34. The van der Waals surface area contributed by atoms with E-state index < -0.39 is 0 Å². The van der Waals surface area contributed by atoms with Crippen molar-refractivity contribution in [3.8, 4) is 33.4 Å². The highest BCUT2D eigenvalue weighted by molar-refractivity contribution is 6.21. The van der Waals surface area contributed by atoms with Gasteiger partial charge in [-0.3, -0.25) is 0 Å². The molecule has 0 radical (unpaired) electrons. The van der Waals surface area contributed by atoms with Gasteiger partial charge in [-0.2, -0.15) is 0 Å². The third kappa shape index (κ3) is 3.61. The Morgan fingerprint density at radius 2 is 0.625 bits per heavy atom. The Morgan fingerprint density at radius 1 is 0.225 bits per heavy atom. The van der Waals surface area contributed by atoms with Crippen molar-refractivity contribution in [2.75, 3.05) is 0 Å². The third-order valence-electron chi connectivity index (χ3n) is 8.25. The molecule has 0 aliphatic rings. The molecular formula is C40H26. The summed E-state index contributed by atoms with van der Waals surface area (Å²) in [5, 5.41) is 10.3. The van der Waals surface area contributed by atoms with Gasteiger partial charge in [0, 0.05) is 0 Å². The van der Waals surface area contributed by atoms with Gasteiger partial charge in [-0.1, -0.05) is 152 Å². The molecule has 0 heterocycles. The summed E-state index contributed by atoms with van der Waals surface area (Å²) in [5.74, 6) is 0. The van der Waals surface area contributed by atoms with Crippen molar-refractivity contribution in [2.45, 2.75) is 0 Å². The molecule has 0 saturated heterocycles. The zero-order valence-corrected chi connectivity index (χ0v) is 22.0. The van der Waals surface area contributed by atoms with Crippen molar-refractivity contribution >= 4 is 43.1 Å². The molecule has 0 heteroatoms. The smallest absolute Gasteiger partial charge is 0.00264 e. The van der Waals surface area contributed by atoms with Gasteiger partial charge >= 0.3 is 0 Å². The van der Waals surface area contributed by atoms with Gasteiger partial charge in [0.2, 0.25) is 0 Å². The maximum Gasteiger partial charge on any atom is -0.00264 e. The number of hydrogen-bond acceptors (Lipinski definition) is 0. The second kappa shape index (κ2) is 9.22. The SMILES string of the molecule is c1ccc(-c2c3ccccc3c(-c3ccc(-c4ccc5ccc6ccccc6c5c4)cc3)c3ccccc23)cc1. The van der Waals surface area contributed by atoms with Crippen LogP contribution >= 0.6 is 0 Å². The minimum Gasteiger partial charge on any atom is -0.0622 e. The molecule has 8 aromatic carbocycles. The number of fused-ring (bicyclic) bond motifs is 5. The first-order valence-electron chi connectivity index (χ1n) is 13.9. The highest BCUT2D eigenvalue weighted by Crippen LogP contribution is 2.43. The predicted molar refractivity (Wildman–Crippen MR) is 173 cm³/mol. The first kappa shape index (κ1) is 22.8. The Hall–Kier alpha value is -5.20. The van der Waals surface area contributed by atoms with Crippen molar-refractivity contribution in [3.63, 3.8) is 0 Å². The lowest BCUT2D eigenvalue weighted by molar-refractivity contribution is 1.63. The molecule has 0 unspecified atom stereocenters. The molecule has 186 valence electrons. The van der Waals surface area contributed by atoms with Crippen LogP contribution in [0.1, 0.15) is 0 Å². The van der Waals surface area contributed by atoms with Gasteiger partial charge in [-0.05, 0) is 82.5 Å². The van der Waals surface area contributed by atoms with Gasteiger partial charge in [0.25, 0.3) is 0 Å². The van der Waals surface area contributed by atoms with Gasteiger partial charge in [-0.25, -0.2) is 0 Å². The molecule has 0 spiro atoms. The standard InChI is InChI=1S/C40H26/c1-2-11-30(12-3-1)39-34-14-6-8-16-36(34)40(37-17-9-7-15-35(37)39)31-23-18-27(19-24-31)32-25-22-29-21-20-28-10-4-5-13-33(28)38(29)26-32/h1-26H. The van der Waals surface area contributed by atoms with E-state index in [9.17, 15) is 0 Å². The molecular weight excluding hydrogens is 480 g/mol. The summed E-state index contributed by atoms with van der Waals surface area (Å²) in [6, 6.07) is 57.5. The third-order valence-corrected chi connectivity index (χ3v) is 8.25. The van der Waals surface area contributed by atoms with Crippen LogP contribution in [0.5, 0.6) is 0 Å². The molecule has 40 heavy (non-hydrogen) atoms. The summed E-state index contributed by atoms with van der Waals surface area (Å²) < 4.78 is 0. The zero-order chi connectivity index (χ0) is 26.5. The lowest BCUT2D eigenvalue weighted by Crippen LogP contribution is -1.90. The summed E-state index contributed by atoms with van der Waals surface area (Å²) in [4.78, 5) is 0. The normalized spacial score (nSPS) is 11.5. The minimum atomic E-state index is 1.23. The van der Waals surface area contributed by atoms with Gasteiger partial charge in [0.15, 0.2) is 0 Å². The fourth-order valence-corrected chi connectivity index (χ4v) is 6.37. The first-order valence-corrected chi connectivity index (χ1v) is 13.9. The van der Waals surface area contributed by atoms with E-state index >= 15 is 0 Å². The summed E-state index contributed by atoms with van der Waals surface area (Å²) in [6.07, 6.45) is 0. The quantitative estimate of drug-likeness (QED) is 0.165. The van der Waals surface area contributed by atoms with E-state index in [4.69, 9.17) is 0 Å². The van der Waals surface area contributed by atoms with Gasteiger partial charge in [-0.15, -0.1) is 0 Å². The molecule has 0 N–H and O–H groups in total. The molecule has 0 saturated carbocycles. The minimum absolute atomic E-state index is 1.23. The molecule has 0 aliphatic carbocycles. The molecule has 8 rings (SSSR count). The van der Waals surface area contributed by atoms with Crippen LogP contribution in [0.25, 0.3) is 76.5 Å². The summed E-state index contributed by atoms with van der Waals surface area (Å²) in [6.45, 7) is 0. The topological polar surface area (TPSA) is 0 Å². The van der Waals surface area contributed by atoms with Crippen molar-refractivity contribution < 1.29 is 0 Å². The largest absolute Gasteiger partial charge is 0.0622 e. The van der Waals surface area contributed by atoms with Crippen molar-refractivity contribution in [2.24, 2.45) is 0 Å². The van der Waals surface area contributed by atoms with Crippen molar-refractivity contribution in [1.29, 1.82) is 0 Å². The van der Waals surface area contributed by atoms with E-state index in [1.54, 1.807) is 0 Å². The molecule has 0 aromatic heterocycles. The van der Waals surface area contributed by atoms with E-state index in [1.807, 2.05) is 0 Å². The van der Waals surface area contributed by atoms with E-state index in [2.05, 4.69) is 158 Å². The van der Waals surface area contributed by atoms with Gasteiger partial charge < -0.3 is 0 Å². The van der Waals surface area contributed by atoms with Crippen LogP contribution in [0.15, 0.2) is 158 Å². The number of hydrogen-bond donors (Lipinski definition) is 0. The Balaban J connectivity index is 1.31. The highest BCUT2D eigenvalue weighted by Gasteiger charge is 2.16. The fraction of sp³-hybridized carbons (Fsp3) is 0. The van der Waals surface area contributed by atoms with Crippen LogP contribution in [0.4, 0.5) is 0 Å². The molecule has 0 bridgehead atoms. The predicted octanol–water partition coefficient (Wildman–Crippen LogP) is 11.3. The van der Waals surface area contributed by atoms with E-state index in [-0.39, 0.29) is 0 Å². The lowest BCUT2D eigenvalue weighted by Gasteiger charge is -2.18. The van der Waals surface area contributed by atoms with Crippen LogP contribution in [-0.2, 0) is 0 Å². The molecule has 0 fully saturated rings. The van der Waals surface area contributed by atoms with Gasteiger partial charge in [0.1, 0.15) is 0 Å². The Morgan fingerprint density at radius 3 is 1.23 bits per heavy atom. The Kier molecular flexibility index (Phi) is 5.24. The summed E-state index contributed by atoms with van der Waals surface area (Å²) >= 11 is 0. The second-order valence-electron chi connectivity index (χ2n) is 10.5. The Bertz CT molecular complexity index is 2130. The van der Waals surface area contributed by atoms with Crippen molar-refractivity contribution in [1.82, 2.24) is 0 Å². The van der Waals surface area contributed by atoms with Crippen LogP contribution in [0.2, 0.25) is 0 Å². The average Bonchev–Trinajstić information content (AvgIpc) is 3.04. The number of benzene rings is 8. The highest BCUT2D eigenvalue weighted by atomic mass is 14.2. The molecule has 0 nitrogen and oxygen atoms in total. The van der Waals surface area contributed by atoms with E-state index in [1.165, 1.54) is 76.5 Å². The summed E-state index contributed by atoms with van der Waals surface area (Å²) in [7, 11) is 0.